The second-order valence-corrected chi connectivity index (χ2v) is 4.97. The van der Waals surface area contributed by atoms with E-state index in [0.29, 0.717) is 5.57 Å². The van der Waals surface area contributed by atoms with Gasteiger partial charge >= 0.3 is 11.9 Å². The van der Waals surface area contributed by atoms with Crippen LogP contribution < -0.4 is 0 Å². The molecule has 1 saturated carbocycles. The van der Waals surface area contributed by atoms with Gasteiger partial charge in [-0.2, -0.15) is 0 Å². The SMILES string of the molecule is CCOC(=O)/C(=C\c1ncc(C(=O)OC)cc1[N+](=O)[O-])C1CC1. The first-order valence-corrected chi connectivity index (χ1v) is 7.09. The molecule has 23 heavy (non-hydrogen) atoms. The molecule has 0 aliphatic heterocycles. The number of nitro groups is 1. The Morgan fingerprint density at radius 1 is 1.48 bits per heavy atom. The zero-order chi connectivity index (χ0) is 17.0. The highest BCUT2D eigenvalue weighted by molar-refractivity contribution is 5.95. The first-order chi connectivity index (χ1) is 11.0. The molecule has 1 aliphatic carbocycles. The van der Waals surface area contributed by atoms with Crippen molar-refractivity contribution in [3.63, 3.8) is 0 Å². The highest BCUT2D eigenvalue weighted by atomic mass is 16.6. The van der Waals surface area contributed by atoms with Gasteiger partial charge in [0.15, 0.2) is 0 Å². The number of hydrogen-bond donors (Lipinski definition) is 0. The van der Waals surface area contributed by atoms with Gasteiger partial charge in [0.05, 0.1) is 24.2 Å². The van der Waals surface area contributed by atoms with Crippen LogP contribution in [-0.4, -0.2) is 35.6 Å². The zero-order valence-corrected chi connectivity index (χ0v) is 12.8. The molecule has 8 nitrogen and oxygen atoms in total. The van der Waals surface area contributed by atoms with Crippen molar-refractivity contribution >= 4 is 23.7 Å². The molecule has 0 spiro atoms. The molecule has 0 N–H and O–H groups in total. The van der Waals surface area contributed by atoms with Gasteiger partial charge in [-0.1, -0.05) is 0 Å². The molecule has 122 valence electrons. The molecular weight excluding hydrogens is 304 g/mol. The largest absolute Gasteiger partial charge is 0.465 e. The maximum absolute atomic E-state index is 12.0. The lowest BCUT2D eigenvalue weighted by Gasteiger charge is -2.06. The Labute approximate surface area is 132 Å². The summed E-state index contributed by atoms with van der Waals surface area (Å²) in [6.07, 6.45) is 4.21. The Morgan fingerprint density at radius 3 is 2.70 bits per heavy atom. The number of carbonyl (C=O) groups is 2. The van der Waals surface area contributed by atoms with E-state index < -0.39 is 16.9 Å². The number of pyridine rings is 1. The third kappa shape index (κ3) is 3.91. The monoisotopic (exact) mass is 320 g/mol. The van der Waals surface area contributed by atoms with E-state index in [2.05, 4.69) is 9.72 Å². The Kier molecular flexibility index (Phi) is 5.05. The lowest BCUT2D eigenvalue weighted by atomic mass is 10.1. The van der Waals surface area contributed by atoms with E-state index in [-0.39, 0.29) is 29.5 Å². The number of methoxy groups -OCH3 is 1. The Balaban J connectivity index is 2.44. The van der Waals surface area contributed by atoms with Crippen molar-refractivity contribution in [3.8, 4) is 0 Å². The molecule has 1 fully saturated rings. The summed E-state index contributed by atoms with van der Waals surface area (Å²) in [7, 11) is 1.17. The van der Waals surface area contributed by atoms with Crippen molar-refractivity contribution in [2.75, 3.05) is 13.7 Å². The average Bonchev–Trinajstić information content (AvgIpc) is 3.36. The molecule has 8 heteroatoms. The summed E-state index contributed by atoms with van der Waals surface area (Å²) >= 11 is 0. The van der Waals surface area contributed by atoms with Crippen molar-refractivity contribution in [1.82, 2.24) is 4.98 Å². The maximum atomic E-state index is 12.0. The number of rotatable bonds is 6. The molecule has 1 aliphatic rings. The van der Waals surface area contributed by atoms with Crippen LogP contribution in [0.4, 0.5) is 5.69 Å². The zero-order valence-electron chi connectivity index (χ0n) is 12.8. The van der Waals surface area contributed by atoms with E-state index in [4.69, 9.17) is 4.74 Å². The minimum atomic E-state index is -0.719. The van der Waals surface area contributed by atoms with Crippen molar-refractivity contribution in [1.29, 1.82) is 0 Å². The van der Waals surface area contributed by atoms with Crippen molar-refractivity contribution in [2.24, 2.45) is 5.92 Å². The minimum Gasteiger partial charge on any atom is -0.465 e. The Bertz CT molecular complexity index is 679. The normalized spacial score (nSPS) is 14.3. The van der Waals surface area contributed by atoms with Crippen LogP contribution in [0.15, 0.2) is 17.8 Å². The van der Waals surface area contributed by atoms with Gasteiger partial charge in [0.25, 0.3) is 5.69 Å². The van der Waals surface area contributed by atoms with Crippen LogP contribution in [0, 0.1) is 16.0 Å². The van der Waals surface area contributed by atoms with E-state index in [1.54, 1.807) is 6.92 Å². The van der Waals surface area contributed by atoms with Crippen LogP contribution >= 0.6 is 0 Å². The summed E-state index contributed by atoms with van der Waals surface area (Å²) < 4.78 is 9.50. The molecule has 1 heterocycles. The second-order valence-electron chi connectivity index (χ2n) is 4.97. The molecule has 0 atom stereocenters. The lowest BCUT2D eigenvalue weighted by Crippen LogP contribution is -2.10. The fraction of sp³-hybridized carbons (Fsp3) is 0.400. The third-order valence-electron chi connectivity index (χ3n) is 3.34. The van der Waals surface area contributed by atoms with E-state index in [1.165, 1.54) is 19.4 Å². The summed E-state index contributed by atoms with van der Waals surface area (Å²) in [4.78, 5) is 37.9. The van der Waals surface area contributed by atoms with Gasteiger partial charge in [0.1, 0.15) is 5.69 Å². The van der Waals surface area contributed by atoms with Gasteiger partial charge in [-0.05, 0) is 31.8 Å². The quantitative estimate of drug-likeness (QED) is 0.342. The van der Waals surface area contributed by atoms with Crippen LogP contribution in [0.1, 0.15) is 35.8 Å². The molecular formula is C15H16N2O6. The molecule has 0 aromatic carbocycles. The van der Waals surface area contributed by atoms with E-state index in [9.17, 15) is 19.7 Å². The first kappa shape index (κ1) is 16.6. The highest BCUT2D eigenvalue weighted by Crippen LogP contribution is 2.38. The number of hydrogen-bond acceptors (Lipinski definition) is 7. The van der Waals surface area contributed by atoms with E-state index in [1.807, 2.05) is 0 Å². The molecule has 0 radical (unpaired) electrons. The van der Waals surface area contributed by atoms with Crippen LogP contribution in [0.3, 0.4) is 0 Å². The Morgan fingerprint density at radius 2 is 2.17 bits per heavy atom. The van der Waals surface area contributed by atoms with Crippen LogP contribution in [0.2, 0.25) is 0 Å². The van der Waals surface area contributed by atoms with Crippen molar-refractivity contribution < 1.29 is 24.0 Å². The Hall–Kier alpha value is -2.77. The molecule has 0 unspecified atom stereocenters. The molecule has 0 bridgehead atoms. The first-order valence-electron chi connectivity index (χ1n) is 7.09. The van der Waals surface area contributed by atoms with E-state index >= 15 is 0 Å². The smallest absolute Gasteiger partial charge is 0.339 e. The van der Waals surface area contributed by atoms with Gasteiger partial charge in [0, 0.05) is 17.8 Å². The number of nitrogens with zero attached hydrogens (tertiary/aromatic N) is 2. The van der Waals surface area contributed by atoms with Gasteiger partial charge < -0.3 is 9.47 Å². The second kappa shape index (κ2) is 6.99. The van der Waals surface area contributed by atoms with Gasteiger partial charge in [0.2, 0.25) is 0 Å². The summed E-state index contributed by atoms with van der Waals surface area (Å²) in [5, 5.41) is 11.2. The summed E-state index contributed by atoms with van der Waals surface area (Å²) in [5.41, 5.74) is -0.0123. The number of carbonyl (C=O) groups excluding carboxylic acids is 2. The molecule has 2 rings (SSSR count). The fourth-order valence-corrected chi connectivity index (χ4v) is 2.05. The molecule has 1 aromatic rings. The van der Waals surface area contributed by atoms with Gasteiger partial charge in [-0.3, -0.25) is 10.1 Å². The number of ether oxygens (including phenoxy) is 2. The predicted molar refractivity (Wildman–Crippen MR) is 79.6 cm³/mol. The summed E-state index contributed by atoms with van der Waals surface area (Å²) in [5.74, 6) is -1.18. The standard InChI is InChI=1S/C15H16N2O6/c1-3-23-15(19)11(9-4-5-9)7-12-13(17(20)21)6-10(8-16-12)14(18)22-2/h6-9H,3-5H2,1-2H3/b11-7-. The average molecular weight is 320 g/mol. The molecule has 1 aromatic heterocycles. The lowest BCUT2D eigenvalue weighted by molar-refractivity contribution is -0.385. The minimum absolute atomic E-state index is 0.0117. The summed E-state index contributed by atoms with van der Waals surface area (Å²) in [6.45, 7) is 1.91. The van der Waals surface area contributed by atoms with Crippen molar-refractivity contribution in [3.05, 3.63) is 39.2 Å². The van der Waals surface area contributed by atoms with Gasteiger partial charge in [-0.15, -0.1) is 0 Å². The van der Waals surface area contributed by atoms with E-state index in [0.717, 1.165) is 18.9 Å². The predicted octanol–water partition coefficient (Wildman–Crippen LogP) is 2.13. The maximum Gasteiger partial charge on any atom is 0.339 e. The molecule has 0 saturated heterocycles. The van der Waals surface area contributed by atoms with Crippen LogP contribution in [-0.2, 0) is 14.3 Å². The third-order valence-corrected chi connectivity index (χ3v) is 3.34. The van der Waals surface area contributed by atoms with Crippen LogP contribution in [0.25, 0.3) is 6.08 Å². The number of esters is 2. The van der Waals surface area contributed by atoms with Gasteiger partial charge in [-0.25, -0.2) is 14.6 Å². The highest BCUT2D eigenvalue weighted by Gasteiger charge is 2.32. The fourth-order valence-electron chi connectivity index (χ4n) is 2.05. The van der Waals surface area contributed by atoms with Crippen molar-refractivity contribution in [2.45, 2.75) is 19.8 Å². The molecule has 0 amide bonds. The topological polar surface area (TPSA) is 109 Å². The number of aromatic nitrogens is 1. The summed E-state index contributed by atoms with van der Waals surface area (Å²) in [6, 6.07) is 1.08. The van der Waals surface area contributed by atoms with Crippen LogP contribution in [0.5, 0.6) is 0 Å².